The number of carbonyl (C=O) groups excluding carboxylic acids is 1. The number of halogens is 1. The van der Waals surface area contributed by atoms with Gasteiger partial charge in [-0.2, -0.15) is 0 Å². The number of methoxy groups -OCH3 is 1. The lowest BCUT2D eigenvalue weighted by Crippen LogP contribution is -2.05. The standard InChI is InChI=1S/C19H18ClN3O2S/c1-3-23-18(13-8-10-14(25-2)11-9-13)21-22-19(23)26-12-17(24)15-6-4-5-7-16(15)20/h4-11H,3,12H2,1-2H3. The Hall–Kier alpha value is -2.31. The van der Waals surface area contributed by atoms with Crippen LogP contribution < -0.4 is 4.74 Å². The molecule has 0 aliphatic rings. The van der Waals surface area contributed by atoms with Crippen molar-refractivity contribution in [2.75, 3.05) is 12.9 Å². The SMILES string of the molecule is CCn1c(SCC(=O)c2ccccc2Cl)nnc1-c1ccc(OC)cc1. The van der Waals surface area contributed by atoms with Crippen molar-refractivity contribution in [2.45, 2.75) is 18.6 Å². The molecule has 0 bridgehead atoms. The van der Waals surface area contributed by atoms with Crippen LogP contribution in [0.4, 0.5) is 0 Å². The maximum atomic E-state index is 12.4. The second-order valence-electron chi connectivity index (χ2n) is 5.47. The molecule has 134 valence electrons. The lowest BCUT2D eigenvalue weighted by atomic mass is 10.1. The molecule has 1 heterocycles. The van der Waals surface area contributed by atoms with Gasteiger partial charge in [0.15, 0.2) is 16.8 Å². The largest absolute Gasteiger partial charge is 0.497 e. The number of benzene rings is 2. The molecule has 0 unspecified atom stereocenters. The zero-order chi connectivity index (χ0) is 18.5. The van der Waals surface area contributed by atoms with Crippen molar-refractivity contribution in [3.05, 3.63) is 59.1 Å². The van der Waals surface area contributed by atoms with E-state index in [0.717, 1.165) is 17.1 Å². The van der Waals surface area contributed by atoms with Gasteiger partial charge in [-0.25, -0.2) is 0 Å². The van der Waals surface area contributed by atoms with E-state index in [4.69, 9.17) is 16.3 Å². The number of carbonyl (C=O) groups is 1. The smallest absolute Gasteiger partial charge is 0.191 e. The highest BCUT2D eigenvalue weighted by Gasteiger charge is 2.16. The van der Waals surface area contributed by atoms with Gasteiger partial charge in [-0.05, 0) is 43.3 Å². The quantitative estimate of drug-likeness (QED) is 0.438. The highest BCUT2D eigenvalue weighted by Crippen LogP contribution is 2.26. The lowest BCUT2D eigenvalue weighted by molar-refractivity contribution is 0.102. The van der Waals surface area contributed by atoms with Gasteiger partial charge in [-0.15, -0.1) is 10.2 Å². The van der Waals surface area contributed by atoms with Crippen LogP contribution in [0.15, 0.2) is 53.7 Å². The predicted molar refractivity (Wildman–Crippen MR) is 104 cm³/mol. The van der Waals surface area contributed by atoms with Crippen molar-refractivity contribution >= 4 is 29.1 Å². The maximum Gasteiger partial charge on any atom is 0.191 e. The van der Waals surface area contributed by atoms with Gasteiger partial charge in [0.1, 0.15) is 5.75 Å². The molecule has 0 N–H and O–H groups in total. The number of ketones is 1. The summed E-state index contributed by atoms with van der Waals surface area (Å²) >= 11 is 7.46. The number of nitrogens with zero attached hydrogens (tertiary/aromatic N) is 3. The van der Waals surface area contributed by atoms with Gasteiger partial charge >= 0.3 is 0 Å². The summed E-state index contributed by atoms with van der Waals surface area (Å²) in [7, 11) is 1.63. The first kappa shape index (κ1) is 18.5. The lowest BCUT2D eigenvalue weighted by Gasteiger charge is -2.08. The zero-order valence-corrected chi connectivity index (χ0v) is 16.0. The average Bonchev–Trinajstić information content (AvgIpc) is 3.09. The van der Waals surface area contributed by atoms with Gasteiger partial charge in [0, 0.05) is 17.7 Å². The Balaban J connectivity index is 1.78. The first-order valence-electron chi connectivity index (χ1n) is 8.12. The molecule has 3 rings (SSSR count). The highest BCUT2D eigenvalue weighted by atomic mass is 35.5. The van der Waals surface area contributed by atoms with Crippen molar-refractivity contribution in [1.29, 1.82) is 0 Å². The molecule has 0 saturated heterocycles. The van der Waals surface area contributed by atoms with E-state index in [0.29, 0.717) is 22.3 Å². The van der Waals surface area contributed by atoms with Crippen molar-refractivity contribution in [3.63, 3.8) is 0 Å². The average molecular weight is 388 g/mol. The number of ether oxygens (including phenoxy) is 1. The molecule has 0 radical (unpaired) electrons. The van der Waals surface area contributed by atoms with Crippen LogP contribution in [0.25, 0.3) is 11.4 Å². The number of hydrogen-bond donors (Lipinski definition) is 0. The third-order valence-electron chi connectivity index (χ3n) is 3.89. The molecule has 0 aliphatic carbocycles. The molecule has 0 fully saturated rings. The summed E-state index contributed by atoms with van der Waals surface area (Å²) in [5.41, 5.74) is 1.48. The van der Waals surface area contributed by atoms with Crippen molar-refractivity contribution in [2.24, 2.45) is 0 Å². The van der Waals surface area contributed by atoms with E-state index in [2.05, 4.69) is 10.2 Å². The Labute approximate surface area is 161 Å². The topological polar surface area (TPSA) is 57.0 Å². The minimum absolute atomic E-state index is 0.0303. The summed E-state index contributed by atoms with van der Waals surface area (Å²) in [4.78, 5) is 12.4. The molecule has 0 amide bonds. The Morgan fingerprint density at radius 3 is 2.54 bits per heavy atom. The predicted octanol–water partition coefficient (Wildman–Crippen LogP) is 4.60. The first-order chi connectivity index (χ1) is 12.6. The molecule has 0 spiro atoms. The highest BCUT2D eigenvalue weighted by molar-refractivity contribution is 7.99. The van der Waals surface area contributed by atoms with Crippen molar-refractivity contribution in [1.82, 2.24) is 14.8 Å². The number of Topliss-reactive ketones (excluding diaryl/α,β-unsaturated/α-hetero) is 1. The Bertz CT molecular complexity index is 909. The third-order valence-corrected chi connectivity index (χ3v) is 5.18. The van der Waals surface area contributed by atoms with Crippen LogP contribution in [0, 0.1) is 0 Å². The van der Waals surface area contributed by atoms with Gasteiger partial charge in [-0.3, -0.25) is 4.79 Å². The third kappa shape index (κ3) is 3.92. The first-order valence-corrected chi connectivity index (χ1v) is 9.48. The molecule has 2 aromatic carbocycles. The van der Waals surface area contributed by atoms with Crippen LogP contribution >= 0.6 is 23.4 Å². The van der Waals surface area contributed by atoms with Crippen LogP contribution in [-0.2, 0) is 6.54 Å². The Morgan fingerprint density at radius 1 is 1.15 bits per heavy atom. The second kappa shape index (κ2) is 8.38. The van der Waals surface area contributed by atoms with E-state index in [1.165, 1.54) is 11.8 Å². The molecule has 26 heavy (non-hydrogen) atoms. The van der Waals surface area contributed by atoms with Crippen LogP contribution in [0.3, 0.4) is 0 Å². The van der Waals surface area contributed by atoms with E-state index in [1.807, 2.05) is 35.8 Å². The van der Waals surface area contributed by atoms with Gasteiger partial charge < -0.3 is 9.30 Å². The van der Waals surface area contributed by atoms with Crippen LogP contribution in [0.2, 0.25) is 5.02 Å². The fraction of sp³-hybridized carbons (Fsp3) is 0.211. The maximum absolute atomic E-state index is 12.4. The molecule has 7 heteroatoms. The number of thioether (sulfide) groups is 1. The normalized spacial score (nSPS) is 10.7. The summed E-state index contributed by atoms with van der Waals surface area (Å²) in [6.07, 6.45) is 0. The Morgan fingerprint density at radius 2 is 1.88 bits per heavy atom. The summed E-state index contributed by atoms with van der Waals surface area (Å²) in [5, 5.41) is 9.72. The van der Waals surface area contributed by atoms with Crippen LogP contribution in [0.5, 0.6) is 5.75 Å². The molecule has 3 aromatic rings. The number of aromatic nitrogens is 3. The van der Waals surface area contributed by atoms with Crippen LogP contribution in [-0.4, -0.2) is 33.4 Å². The molecule has 1 aromatic heterocycles. The fourth-order valence-electron chi connectivity index (χ4n) is 2.53. The van der Waals surface area contributed by atoms with E-state index in [-0.39, 0.29) is 11.5 Å². The summed E-state index contributed by atoms with van der Waals surface area (Å²) < 4.78 is 7.18. The summed E-state index contributed by atoms with van der Waals surface area (Å²) in [5.74, 6) is 1.78. The minimum Gasteiger partial charge on any atom is -0.497 e. The second-order valence-corrected chi connectivity index (χ2v) is 6.82. The van der Waals surface area contributed by atoms with Gasteiger partial charge in [0.2, 0.25) is 0 Å². The van der Waals surface area contributed by atoms with Gasteiger partial charge in [-0.1, -0.05) is 35.5 Å². The van der Waals surface area contributed by atoms with Crippen molar-refractivity contribution < 1.29 is 9.53 Å². The number of hydrogen-bond acceptors (Lipinski definition) is 5. The Kier molecular flexibility index (Phi) is 5.96. The van der Waals surface area contributed by atoms with E-state index in [1.54, 1.807) is 31.4 Å². The van der Waals surface area contributed by atoms with E-state index in [9.17, 15) is 4.79 Å². The fourth-order valence-corrected chi connectivity index (χ4v) is 3.66. The zero-order valence-electron chi connectivity index (χ0n) is 14.5. The van der Waals surface area contributed by atoms with E-state index >= 15 is 0 Å². The van der Waals surface area contributed by atoms with Crippen molar-refractivity contribution in [3.8, 4) is 17.1 Å². The summed E-state index contributed by atoms with van der Waals surface area (Å²) in [6.45, 7) is 2.73. The number of rotatable bonds is 7. The molecule has 5 nitrogen and oxygen atoms in total. The summed E-state index contributed by atoms with van der Waals surface area (Å²) in [6, 6.07) is 14.7. The molecular weight excluding hydrogens is 370 g/mol. The van der Waals surface area contributed by atoms with E-state index < -0.39 is 0 Å². The molecule has 0 saturated carbocycles. The molecular formula is C19H18ClN3O2S. The minimum atomic E-state index is -0.0303. The molecule has 0 atom stereocenters. The van der Waals surface area contributed by atoms with Gasteiger partial charge in [0.25, 0.3) is 0 Å². The molecule has 0 aliphatic heterocycles. The van der Waals surface area contributed by atoms with Gasteiger partial charge in [0.05, 0.1) is 17.9 Å². The van der Waals surface area contributed by atoms with Crippen LogP contribution in [0.1, 0.15) is 17.3 Å². The monoisotopic (exact) mass is 387 g/mol.